The van der Waals surface area contributed by atoms with Gasteiger partial charge in [0.15, 0.2) is 12.0 Å². The summed E-state index contributed by atoms with van der Waals surface area (Å²) >= 11 is 0. The highest BCUT2D eigenvalue weighted by atomic mass is 16.4. The number of guanidine groups is 1. The molecule has 206 valence electrons. The van der Waals surface area contributed by atoms with Gasteiger partial charge in [0.05, 0.1) is 12.2 Å². The Kier molecular flexibility index (Phi) is 13.0. The fourth-order valence-corrected chi connectivity index (χ4v) is 3.23. The number of rotatable bonds is 15. The monoisotopic (exact) mass is 523 g/mol. The molecule has 0 aliphatic carbocycles. The molecular weight excluding hydrogens is 486 g/mol. The SMILES string of the molecule is CC(O)C(N)C(=O)NC(Cc1ccccc1)C(=O)NC(CCCN=C(N)N)C(=O)NC(C(=O)O)C(C)O. The Hall–Kier alpha value is -3.75. The largest absolute Gasteiger partial charge is 0.480 e. The van der Waals surface area contributed by atoms with E-state index in [1.165, 1.54) is 13.8 Å². The average Bonchev–Trinajstić information content (AvgIpc) is 2.82. The summed E-state index contributed by atoms with van der Waals surface area (Å²) in [6.45, 7) is 2.66. The standard InChI is InChI=1S/C23H37N7O7/c1-12(31)17(24)21(35)29-16(11-14-7-4-3-5-8-14)20(34)28-15(9-6-10-27-23(25)26)19(33)30-18(13(2)32)22(36)37/h3-5,7-8,12-13,15-18,31-32H,6,9-11,24H2,1-2H3,(H,28,34)(H,29,35)(H,30,33)(H,36,37)(H4,25,26,27). The maximum atomic E-state index is 13.2. The summed E-state index contributed by atoms with van der Waals surface area (Å²) in [5.41, 5.74) is 17.0. The number of carboxylic acids is 1. The highest BCUT2D eigenvalue weighted by Gasteiger charge is 2.32. The van der Waals surface area contributed by atoms with Crippen LogP contribution in [0.5, 0.6) is 0 Å². The van der Waals surface area contributed by atoms with E-state index in [1.807, 2.05) is 0 Å². The number of nitrogens with two attached hydrogens (primary N) is 3. The molecule has 0 aliphatic heterocycles. The van der Waals surface area contributed by atoms with Crippen LogP contribution in [0.2, 0.25) is 0 Å². The third-order valence-corrected chi connectivity index (χ3v) is 5.36. The van der Waals surface area contributed by atoms with E-state index in [1.54, 1.807) is 30.3 Å². The number of amides is 3. The molecule has 0 spiro atoms. The number of hydrogen-bond acceptors (Lipinski definition) is 8. The van der Waals surface area contributed by atoms with Crippen molar-refractivity contribution in [3.05, 3.63) is 35.9 Å². The minimum atomic E-state index is -1.62. The first-order valence-electron chi connectivity index (χ1n) is 11.7. The number of carbonyl (C=O) groups excluding carboxylic acids is 3. The van der Waals surface area contributed by atoms with E-state index in [0.29, 0.717) is 5.56 Å². The molecule has 12 N–H and O–H groups in total. The van der Waals surface area contributed by atoms with Crippen molar-refractivity contribution in [2.75, 3.05) is 6.54 Å². The molecule has 0 aromatic heterocycles. The first kappa shape index (κ1) is 31.3. The first-order valence-corrected chi connectivity index (χ1v) is 11.7. The van der Waals surface area contributed by atoms with Gasteiger partial charge in [-0.15, -0.1) is 0 Å². The van der Waals surface area contributed by atoms with Gasteiger partial charge < -0.3 is 48.5 Å². The molecule has 0 radical (unpaired) electrons. The van der Waals surface area contributed by atoms with Gasteiger partial charge in [0, 0.05) is 13.0 Å². The highest BCUT2D eigenvalue weighted by Crippen LogP contribution is 2.07. The van der Waals surface area contributed by atoms with Crippen LogP contribution < -0.4 is 33.2 Å². The quantitative estimate of drug-likeness (QED) is 0.0636. The Morgan fingerprint density at radius 3 is 1.97 bits per heavy atom. The van der Waals surface area contributed by atoms with Crippen molar-refractivity contribution in [1.29, 1.82) is 0 Å². The van der Waals surface area contributed by atoms with Crippen molar-refractivity contribution in [1.82, 2.24) is 16.0 Å². The van der Waals surface area contributed by atoms with E-state index in [2.05, 4.69) is 20.9 Å². The second-order valence-corrected chi connectivity index (χ2v) is 8.59. The predicted octanol–water partition coefficient (Wildman–Crippen LogP) is -3.09. The zero-order chi connectivity index (χ0) is 28.1. The molecule has 0 saturated carbocycles. The van der Waals surface area contributed by atoms with Crippen LogP contribution in [0.25, 0.3) is 0 Å². The Morgan fingerprint density at radius 1 is 0.892 bits per heavy atom. The molecule has 3 amide bonds. The Labute approximate surface area is 214 Å². The highest BCUT2D eigenvalue weighted by molar-refractivity contribution is 5.94. The number of benzene rings is 1. The van der Waals surface area contributed by atoms with Gasteiger partial charge in [0.1, 0.15) is 18.1 Å². The van der Waals surface area contributed by atoms with E-state index < -0.39 is 60.1 Å². The lowest BCUT2D eigenvalue weighted by Gasteiger charge is -2.26. The first-order chi connectivity index (χ1) is 17.3. The van der Waals surface area contributed by atoms with Crippen molar-refractivity contribution in [3.63, 3.8) is 0 Å². The van der Waals surface area contributed by atoms with Crippen LogP contribution in [-0.2, 0) is 25.6 Å². The molecule has 0 fully saturated rings. The van der Waals surface area contributed by atoms with Crippen molar-refractivity contribution < 1.29 is 34.5 Å². The lowest BCUT2D eigenvalue weighted by Crippen LogP contribution is -2.59. The molecule has 0 aliphatic rings. The topological polar surface area (TPSA) is 255 Å². The van der Waals surface area contributed by atoms with Crippen LogP contribution in [0.4, 0.5) is 0 Å². The third-order valence-electron chi connectivity index (χ3n) is 5.36. The number of aliphatic carboxylic acids is 1. The van der Waals surface area contributed by atoms with Gasteiger partial charge in [-0.2, -0.15) is 0 Å². The number of aliphatic hydroxyl groups excluding tert-OH is 2. The lowest BCUT2D eigenvalue weighted by atomic mass is 10.0. The van der Waals surface area contributed by atoms with Crippen molar-refractivity contribution in [2.24, 2.45) is 22.2 Å². The zero-order valence-electron chi connectivity index (χ0n) is 20.8. The average molecular weight is 524 g/mol. The molecule has 1 aromatic carbocycles. The van der Waals surface area contributed by atoms with Crippen LogP contribution in [0.15, 0.2) is 35.3 Å². The van der Waals surface area contributed by atoms with Gasteiger partial charge in [0.2, 0.25) is 17.7 Å². The van der Waals surface area contributed by atoms with Crippen LogP contribution >= 0.6 is 0 Å². The van der Waals surface area contributed by atoms with E-state index in [-0.39, 0.29) is 31.8 Å². The summed E-state index contributed by atoms with van der Waals surface area (Å²) in [6, 6.07) is 3.40. The van der Waals surface area contributed by atoms with E-state index in [4.69, 9.17) is 17.2 Å². The summed E-state index contributed by atoms with van der Waals surface area (Å²) in [4.78, 5) is 53.9. The number of aliphatic hydroxyl groups is 2. The summed E-state index contributed by atoms with van der Waals surface area (Å²) < 4.78 is 0. The maximum Gasteiger partial charge on any atom is 0.328 e. The zero-order valence-corrected chi connectivity index (χ0v) is 20.8. The van der Waals surface area contributed by atoms with Crippen LogP contribution in [0.1, 0.15) is 32.3 Å². The number of nitrogens with zero attached hydrogens (tertiary/aromatic N) is 1. The Morgan fingerprint density at radius 2 is 1.46 bits per heavy atom. The van der Waals surface area contributed by atoms with Crippen LogP contribution in [-0.4, -0.2) is 87.9 Å². The molecule has 0 bridgehead atoms. The smallest absolute Gasteiger partial charge is 0.328 e. The second kappa shape index (κ2) is 15.4. The van der Waals surface area contributed by atoms with E-state index >= 15 is 0 Å². The van der Waals surface area contributed by atoms with Crippen molar-refractivity contribution in [2.45, 2.75) is 69.5 Å². The number of aliphatic imine (C=N–C) groups is 1. The number of carbonyl (C=O) groups is 4. The van der Waals surface area contributed by atoms with Gasteiger partial charge in [-0.3, -0.25) is 19.4 Å². The minimum absolute atomic E-state index is 0.0136. The van der Waals surface area contributed by atoms with Crippen molar-refractivity contribution in [3.8, 4) is 0 Å². The van der Waals surface area contributed by atoms with Crippen molar-refractivity contribution >= 4 is 29.7 Å². The number of carboxylic acid groups (broad SMARTS) is 1. The summed E-state index contributed by atoms with van der Waals surface area (Å²) in [5, 5.41) is 35.9. The normalized spacial score (nSPS) is 15.7. The van der Waals surface area contributed by atoms with Gasteiger partial charge in [-0.1, -0.05) is 30.3 Å². The fraction of sp³-hybridized carbons (Fsp3) is 0.522. The molecule has 6 atom stereocenters. The van der Waals surface area contributed by atoms with Crippen LogP contribution in [0.3, 0.4) is 0 Å². The molecular formula is C23H37N7O7. The summed E-state index contributed by atoms with van der Waals surface area (Å²) in [6.07, 6.45) is -2.29. The third kappa shape index (κ3) is 11.2. The lowest BCUT2D eigenvalue weighted by molar-refractivity contribution is -0.145. The molecule has 0 heterocycles. The number of nitrogens with one attached hydrogen (secondary N) is 3. The van der Waals surface area contributed by atoms with Gasteiger partial charge in [-0.05, 0) is 32.3 Å². The van der Waals surface area contributed by atoms with Gasteiger partial charge >= 0.3 is 5.97 Å². The summed E-state index contributed by atoms with van der Waals surface area (Å²) in [5.74, 6) is -4.02. The molecule has 14 heteroatoms. The van der Waals surface area contributed by atoms with E-state index in [0.717, 1.165) is 0 Å². The molecule has 14 nitrogen and oxygen atoms in total. The van der Waals surface area contributed by atoms with E-state index in [9.17, 15) is 34.5 Å². The van der Waals surface area contributed by atoms with Gasteiger partial charge in [0.25, 0.3) is 0 Å². The molecule has 37 heavy (non-hydrogen) atoms. The summed E-state index contributed by atoms with van der Waals surface area (Å²) in [7, 11) is 0. The predicted molar refractivity (Wildman–Crippen MR) is 135 cm³/mol. The van der Waals surface area contributed by atoms with Crippen LogP contribution in [0, 0.1) is 0 Å². The number of hydrogen-bond donors (Lipinski definition) is 9. The second-order valence-electron chi connectivity index (χ2n) is 8.59. The molecule has 1 rings (SSSR count). The molecule has 6 unspecified atom stereocenters. The van der Waals surface area contributed by atoms with Gasteiger partial charge in [-0.25, -0.2) is 4.79 Å². The fourth-order valence-electron chi connectivity index (χ4n) is 3.23. The molecule has 0 saturated heterocycles. The Bertz CT molecular complexity index is 937. The minimum Gasteiger partial charge on any atom is -0.480 e. The maximum absolute atomic E-state index is 13.2. The molecule has 1 aromatic rings. The Balaban J connectivity index is 3.15.